The Hall–Kier alpha value is -2.10. The van der Waals surface area contributed by atoms with Gasteiger partial charge in [0.05, 0.1) is 6.20 Å². The summed E-state index contributed by atoms with van der Waals surface area (Å²) in [5.74, 6) is 0.661. The summed E-state index contributed by atoms with van der Waals surface area (Å²) in [5, 5.41) is 2.92. The topological polar surface area (TPSA) is 57.8 Å². The zero-order valence-corrected chi connectivity index (χ0v) is 9.31. The van der Waals surface area contributed by atoms with Crippen LogP contribution in [0.4, 0.5) is 0 Å². The van der Waals surface area contributed by atoms with Gasteiger partial charge in [0.25, 0.3) is 5.91 Å². The summed E-state index contributed by atoms with van der Waals surface area (Å²) in [5.41, 5.74) is 1.51. The number of H-pyrrole nitrogens is 1. The monoisotopic (exact) mass is 227 g/mol. The van der Waals surface area contributed by atoms with Crippen molar-refractivity contribution in [1.82, 2.24) is 15.3 Å². The summed E-state index contributed by atoms with van der Waals surface area (Å²) in [7, 11) is 0. The quantitative estimate of drug-likeness (QED) is 0.842. The van der Waals surface area contributed by atoms with Gasteiger partial charge in [-0.05, 0) is 12.8 Å². The van der Waals surface area contributed by atoms with Crippen LogP contribution in [-0.4, -0.2) is 21.9 Å². The van der Waals surface area contributed by atoms with E-state index < -0.39 is 0 Å². The Labute approximate surface area is 99.1 Å². The third-order valence-electron chi connectivity index (χ3n) is 2.78. The summed E-state index contributed by atoms with van der Waals surface area (Å²) >= 11 is 0. The van der Waals surface area contributed by atoms with E-state index in [1.54, 1.807) is 6.20 Å². The molecular formula is C13H13N3O. The van der Waals surface area contributed by atoms with Crippen LogP contribution in [0.5, 0.6) is 0 Å². The highest BCUT2D eigenvalue weighted by molar-refractivity contribution is 5.93. The maximum absolute atomic E-state index is 11.8. The Kier molecular flexibility index (Phi) is 2.40. The molecule has 1 aromatic carbocycles. The lowest BCUT2D eigenvalue weighted by molar-refractivity contribution is 0.0946. The normalized spacial score (nSPS) is 14.6. The molecule has 4 heteroatoms. The number of carbonyl (C=O) groups excluding carboxylic acids is 1. The summed E-state index contributed by atoms with van der Waals surface area (Å²) in [4.78, 5) is 19.0. The molecule has 1 aliphatic carbocycles. The molecule has 0 unspecified atom stereocenters. The minimum Gasteiger partial charge on any atom is -0.348 e. The van der Waals surface area contributed by atoms with Crippen LogP contribution < -0.4 is 5.32 Å². The van der Waals surface area contributed by atoms with Crippen LogP contribution >= 0.6 is 0 Å². The average Bonchev–Trinajstić information content (AvgIpc) is 3.04. The molecule has 0 bridgehead atoms. The Bertz CT molecular complexity index is 529. The van der Waals surface area contributed by atoms with Gasteiger partial charge < -0.3 is 10.3 Å². The summed E-state index contributed by atoms with van der Waals surface area (Å²) in [6, 6.07) is 10.1. The van der Waals surface area contributed by atoms with Crippen molar-refractivity contribution in [2.45, 2.75) is 18.9 Å². The van der Waals surface area contributed by atoms with Gasteiger partial charge in [-0.1, -0.05) is 30.3 Å². The molecule has 2 N–H and O–H groups in total. The first-order chi connectivity index (χ1) is 8.33. The highest BCUT2D eigenvalue weighted by atomic mass is 16.2. The van der Waals surface area contributed by atoms with Crippen molar-refractivity contribution in [3.63, 3.8) is 0 Å². The van der Waals surface area contributed by atoms with E-state index in [4.69, 9.17) is 0 Å². The number of rotatable bonds is 3. The van der Waals surface area contributed by atoms with Crippen molar-refractivity contribution < 1.29 is 4.79 Å². The SMILES string of the molecule is O=C(NC1CC1)c1cnc(-c2ccccc2)[nH]1. The fourth-order valence-electron chi connectivity index (χ4n) is 1.67. The number of benzene rings is 1. The summed E-state index contributed by atoms with van der Waals surface area (Å²) in [6.07, 6.45) is 3.76. The second-order valence-corrected chi connectivity index (χ2v) is 4.26. The summed E-state index contributed by atoms with van der Waals surface area (Å²) in [6.45, 7) is 0. The number of carbonyl (C=O) groups is 1. The van der Waals surface area contributed by atoms with Crippen LogP contribution in [0.1, 0.15) is 23.3 Å². The zero-order valence-electron chi connectivity index (χ0n) is 9.31. The van der Waals surface area contributed by atoms with Gasteiger partial charge in [0.1, 0.15) is 11.5 Å². The molecule has 0 spiro atoms. The fraction of sp³-hybridized carbons (Fsp3) is 0.231. The Morgan fingerprint density at radius 3 is 2.76 bits per heavy atom. The van der Waals surface area contributed by atoms with Gasteiger partial charge in [-0.2, -0.15) is 0 Å². The predicted octanol–water partition coefficient (Wildman–Crippen LogP) is 1.97. The van der Waals surface area contributed by atoms with E-state index in [0.717, 1.165) is 24.2 Å². The van der Waals surface area contributed by atoms with Gasteiger partial charge >= 0.3 is 0 Å². The van der Waals surface area contributed by atoms with Crippen LogP contribution in [0.2, 0.25) is 0 Å². The molecule has 0 radical (unpaired) electrons. The number of hydrogen-bond acceptors (Lipinski definition) is 2. The number of aromatic amines is 1. The van der Waals surface area contributed by atoms with E-state index in [1.165, 1.54) is 0 Å². The number of amides is 1. The Balaban J connectivity index is 1.80. The predicted molar refractivity (Wildman–Crippen MR) is 64.5 cm³/mol. The van der Waals surface area contributed by atoms with Gasteiger partial charge in [0.15, 0.2) is 0 Å². The first kappa shape index (κ1) is 10.1. The molecule has 1 heterocycles. The van der Waals surface area contributed by atoms with Crippen molar-refractivity contribution in [1.29, 1.82) is 0 Å². The third kappa shape index (κ3) is 2.20. The third-order valence-corrected chi connectivity index (χ3v) is 2.78. The second kappa shape index (κ2) is 4.05. The maximum atomic E-state index is 11.8. The molecule has 4 nitrogen and oxygen atoms in total. The molecular weight excluding hydrogens is 214 g/mol. The molecule has 1 amide bonds. The van der Waals surface area contributed by atoms with Crippen molar-refractivity contribution in [3.05, 3.63) is 42.2 Å². The molecule has 3 rings (SSSR count). The van der Waals surface area contributed by atoms with Crippen molar-refractivity contribution in [3.8, 4) is 11.4 Å². The highest BCUT2D eigenvalue weighted by Crippen LogP contribution is 2.20. The molecule has 1 fully saturated rings. The average molecular weight is 227 g/mol. The Morgan fingerprint density at radius 2 is 2.06 bits per heavy atom. The zero-order chi connectivity index (χ0) is 11.7. The van der Waals surface area contributed by atoms with Gasteiger partial charge in [-0.25, -0.2) is 4.98 Å². The number of nitrogens with zero attached hydrogens (tertiary/aromatic N) is 1. The molecule has 0 saturated heterocycles. The number of aromatic nitrogens is 2. The van der Waals surface area contributed by atoms with Gasteiger partial charge in [0, 0.05) is 11.6 Å². The van der Waals surface area contributed by atoms with Crippen LogP contribution in [0.15, 0.2) is 36.5 Å². The first-order valence-corrected chi connectivity index (χ1v) is 5.74. The van der Waals surface area contributed by atoms with Crippen LogP contribution in [0.25, 0.3) is 11.4 Å². The van der Waals surface area contributed by atoms with E-state index in [9.17, 15) is 4.79 Å². The van der Waals surface area contributed by atoms with Gasteiger partial charge in [0.2, 0.25) is 0 Å². The molecule has 1 saturated carbocycles. The van der Waals surface area contributed by atoms with Gasteiger partial charge in [-0.15, -0.1) is 0 Å². The molecule has 0 atom stereocenters. The van der Waals surface area contributed by atoms with E-state index in [0.29, 0.717) is 11.7 Å². The van der Waals surface area contributed by atoms with E-state index in [2.05, 4.69) is 15.3 Å². The highest BCUT2D eigenvalue weighted by Gasteiger charge is 2.24. The van der Waals surface area contributed by atoms with Crippen LogP contribution in [0.3, 0.4) is 0 Å². The molecule has 17 heavy (non-hydrogen) atoms. The standard InChI is InChI=1S/C13H13N3O/c17-13(15-10-6-7-10)11-8-14-12(16-11)9-4-2-1-3-5-9/h1-5,8,10H,6-7H2,(H,14,16)(H,15,17). The second-order valence-electron chi connectivity index (χ2n) is 4.26. The van der Waals surface area contributed by atoms with Gasteiger partial charge in [-0.3, -0.25) is 4.79 Å². The molecule has 86 valence electrons. The van der Waals surface area contributed by atoms with Crippen molar-refractivity contribution >= 4 is 5.91 Å². The fourth-order valence-corrected chi connectivity index (χ4v) is 1.67. The number of nitrogens with one attached hydrogen (secondary N) is 2. The lowest BCUT2D eigenvalue weighted by atomic mass is 10.2. The van der Waals surface area contributed by atoms with Crippen LogP contribution in [-0.2, 0) is 0 Å². The number of imidazole rings is 1. The first-order valence-electron chi connectivity index (χ1n) is 5.74. The number of hydrogen-bond donors (Lipinski definition) is 2. The largest absolute Gasteiger partial charge is 0.348 e. The minimum atomic E-state index is -0.0674. The maximum Gasteiger partial charge on any atom is 0.269 e. The van der Waals surface area contributed by atoms with E-state index in [-0.39, 0.29) is 5.91 Å². The minimum absolute atomic E-state index is 0.0674. The Morgan fingerprint density at radius 1 is 1.29 bits per heavy atom. The lowest BCUT2D eigenvalue weighted by Crippen LogP contribution is -2.25. The van der Waals surface area contributed by atoms with Crippen molar-refractivity contribution in [2.24, 2.45) is 0 Å². The summed E-state index contributed by atoms with van der Waals surface area (Å²) < 4.78 is 0. The lowest BCUT2D eigenvalue weighted by Gasteiger charge is -1.99. The smallest absolute Gasteiger partial charge is 0.269 e. The van der Waals surface area contributed by atoms with E-state index in [1.807, 2.05) is 30.3 Å². The van der Waals surface area contributed by atoms with E-state index >= 15 is 0 Å². The molecule has 1 aromatic heterocycles. The molecule has 2 aromatic rings. The molecule has 0 aliphatic heterocycles. The van der Waals surface area contributed by atoms with Crippen molar-refractivity contribution in [2.75, 3.05) is 0 Å². The molecule has 1 aliphatic rings. The van der Waals surface area contributed by atoms with Crippen LogP contribution in [0, 0.1) is 0 Å².